The Labute approximate surface area is 112 Å². The van der Waals surface area contributed by atoms with Crippen LogP contribution in [0.1, 0.15) is 46.0 Å². The molecule has 2 N–H and O–H groups in total. The van der Waals surface area contributed by atoms with Crippen LogP contribution in [0.3, 0.4) is 0 Å². The van der Waals surface area contributed by atoms with Gasteiger partial charge in [-0.05, 0) is 25.2 Å². The van der Waals surface area contributed by atoms with Gasteiger partial charge in [0.2, 0.25) is 0 Å². The number of nitrogens with two attached hydrogens (primary N) is 1. The highest BCUT2D eigenvalue weighted by Crippen LogP contribution is 2.25. The van der Waals surface area contributed by atoms with Gasteiger partial charge in [-0.3, -0.25) is 4.90 Å². The van der Waals surface area contributed by atoms with Crippen molar-refractivity contribution in [2.75, 3.05) is 26.3 Å². The van der Waals surface area contributed by atoms with Crippen LogP contribution in [0.5, 0.6) is 0 Å². The van der Waals surface area contributed by atoms with Crippen molar-refractivity contribution < 1.29 is 4.74 Å². The second kappa shape index (κ2) is 6.88. The van der Waals surface area contributed by atoms with Gasteiger partial charge < -0.3 is 10.5 Å². The van der Waals surface area contributed by atoms with E-state index in [1.807, 2.05) is 0 Å². The lowest BCUT2D eigenvalue weighted by molar-refractivity contribution is 0.140. The van der Waals surface area contributed by atoms with Crippen LogP contribution in [0.15, 0.2) is 0 Å². The van der Waals surface area contributed by atoms with Crippen molar-refractivity contribution in [3.63, 3.8) is 0 Å². The first-order valence-corrected chi connectivity index (χ1v) is 7.74. The fourth-order valence-electron chi connectivity index (χ4n) is 3.42. The van der Waals surface area contributed by atoms with Crippen LogP contribution in [0, 0.1) is 11.8 Å². The van der Waals surface area contributed by atoms with Gasteiger partial charge in [0.15, 0.2) is 0 Å². The van der Waals surface area contributed by atoms with Gasteiger partial charge in [0.25, 0.3) is 0 Å². The van der Waals surface area contributed by atoms with E-state index in [2.05, 4.69) is 18.7 Å². The zero-order chi connectivity index (χ0) is 13.0. The Hall–Kier alpha value is -0.120. The van der Waals surface area contributed by atoms with Gasteiger partial charge in [-0.1, -0.05) is 26.7 Å². The Morgan fingerprint density at radius 2 is 1.89 bits per heavy atom. The summed E-state index contributed by atoms with van der Waals surface area (Å²) >= 11 is 0. The Bertz CT molecular complexity index is 233. The fourth-order valence-corrected chi connectivity index (χ4v) is 3.42. The van der Waals surface area contributed by atoms with E-state index in [-0.39, 0.29) is 0 Å². The molecular formula is C15H30N2O. The van der Waals surface area contributed by atoms with Crippen molar-refractivity contribution in [2.24, 2.45) is 17.6 Å². The minimum atomic E-state index is 0.298. The van der Waals surface area contributed by atoms with E-state index in [4.69, 9.17) is 10.5 Å². The number of hydrogen-bond donors (Lipinski definition) is 1. The molecule has 0 aromatic heterocycles. The summed E-state index contributed by atoms with van der Waals surface area (Å²) in [6, 6.07) is 1.09. The van der Waals surface area contributed by atoms with E-state index in [0.717, 1.165) is 38.1 Å². The van der Waals surface area contributed by atoms with Gasteiger partial charge in [-0.25, -0.2) is 0 Å². The molecule has 2 rings (SSSR count). The van der Waals surface area contributed by atoms with Crippen LogP contribution in [0.25, 0.3) is 0 Å². The molecule has 1 heterocycles. The Morgan fingerprint density at radius 1 is 1.17 bits per heavy atom. The Morgan fingerprint density at radius 3 is 2.44 bits per heavy atom. The first kappa shape index (κ1) is 14.3. The van der Waals surface area contributed by atoms with Crippen molar-refractivity contribution >= 4 is 0 Å². The van der Waals surface area contributed by atoms with Gasteiger partial charge in [0.1, 0.15) is 0 Å². The molecule has 2 atom stereocenters. The third-order valence-corrected chi connectivity index (χ3v) is 4.46. The lowest BCUT2D eigenvalue weighted by Crippen LogP contribution is -2.47. The topological polar surface area (TPSA) is 38.5 Å². The maximum atomic E-state index is 6.40. The molecule has 3 heteroatoms. The minimum Gasteiger partial charge on any atom is -0.381 e. The molecule has 2 fully saturated rings. The van der Waals surface area contributed by atoms with Crippen LogP contribution < -0.4 is 5.73 Å². The standard InChI is InChI=1S/C15H30N2O/c1-12(2)9-17(14-5-3-4-6-14)10-15(16)13-7-8-18-11-13/h12-15H,3-11,16H2,1-2H3. The molecule has 1 saturated heterocycles. The maximum Gasteiger partial charge on any atom is 0.0510 e. The predicted molar refractivity (Wildman–Crippen MR) is 75.6 cm³/mol. The summed E-state index contributed by atoms with van der Waals surface area (Å²) in [5.74, 6) is 1.32. The van der Waals surface area contributed by atoms with Crippen molar-refractivity contribution in [1.29, 1.82) is 0 Å². The molecule has 0 bridgehead atoms. The van der Waals surface area contributed by atoms with Crippen LogP contribution in [-0.2, 0) is 4.74 Å². The quantitative estimate of drug-likeness (QED) is 0.790. The van der Waals surface area contributed by atoms with Crippen molar-refractivity contribution in [3.05, 3.63) is 0 Å². The summed E-state index contributed by atoms with van der Waals surface area (Å²) < 4.78 is 5.47. The Balaban J connectivity index is 1.86. The van der Waals surface area contributed by atoms with E-state index < -0.39 is 0 Å². The van der Waals surface area contributed by atoms with E-state index >= 15 is 0 Å². The average molecular weight is 254 g/mol. The molecule has 0 amide bonds. The minimum absolute atomic E-state index is 0.298. The van der Waals surface area contributed by atoms with Crippen molar-refractivity contribution in [3.8, 4) is 0 Å². The molecule has 0 radical (unpaired) electrons. The zero-order valence-electron chi connectivity index (χ0n) is 12.1. The van der Waals surface area contributed by atoms with Gasteiger partial charge in [0, 0.05) is 37.7 Å². The Kier molecular flexibility index (Phi) is 5.46. The predicted octanol–water partition coefficient (Wildman–Crippen LogP) is 2.25. The highest BCUT2D eigenvalue weighted by molar-refractivity contribution is 4.84. The first-order valence-electron chi connectivity index (χ1n) is 7.74. The summed E-state index contributed by atoms with van der Waals surface area (Å²) in [6.45, 7) is 8.68. The highest BCUT2D eigenvalue weighted by Gasteiger charge is 2.29. The molecule has 1 aliphatic carbocycles. The zero-order valence-corrected chi connectivity index (χ0v) is 12.1. The summed E-state index contributed by atoms with van der Waals surface area (Å²) in [4.78, 5) is 2.67. The molecule has 106 valence electrons. The molecule has 0 aromatic carbocycles. The number of rotatable bonds is 6. The lowest BCUT2D eigenvalue weighted by atomic mass is 9.98. The van der Waals surface area contributed by atoms with Crippen LogP contribution in [-0.4, -0.2) is 43.3 Å². The van der Waals surface area contributed by atoms with Crippen LogP contribution in [0.2, 0.25) is 0 Å². The molecule has 18 heavy (non-hydrogen) atoms. The third-order valence-electron chi connectivity index (χ3n) is 4.46. The smallest absolute Gasteiger partial charge is 0.0510 e. The number of nitrogens with zero attached hydrogens (tertiary/aromatic N) is 1. The summed E-state index contributed by atoms with van der Waals surface area (Å²) in [5.41, 5.74) is 6.40. The monoisotopic (exact) mass is 254 g/mol. The van der Waals surface area contributed by atoms with Crippen molar-refractivity contribution in [2.45, 2.75) is 58.0 Å². The van der Waals surface area contributed by atoms with E-state index in [1.54, 1.807) is 0 Å². The number of hydrogen-bond acceptors (Lipinski definition) is 3. The van der Waals surface area contributed by atoms with Crippen LogP contribution in [0.4, 0.5) is 0 Å². The molecule has 2 unspecified atom stereocenters. The van der Waals surface area contributed by atoms with Crippen LogP contribution >= 0.6 is 0 Å². The molecule has 1 aliphatic heterocycles. The maximum absolute atomic E-state index is 6.40. The molecule has 3 nitrogen and oxygen atoms in total. The first-order chi connectivity index (χ1) is 8.66. The van der Waals surface area contributed by atoms with E-state index in [0.29, 0.717) is 12.0 Å². The molecule has 0 aromatic rings. The van der Waals surface area contributed by atoms with Gasteiger partial charge >= 0.3 is 0 Å². The van der Waals surface area contributed by atoms with Gasteiger partial charge in [0.05, 0.1) is 6.61 Å². The van der Waals surface area contributed by atoms with E-state index in [1.165, 1.54) is 32.2 Å². The SMILES string of the molecule is CC(C)CN(CC(N)C1CCOC1)C1CCCC1. The molecule has 2 aliphatic rings. The number of ether oxygens (including phenoxy) is 1. The van der Waals surface area contributed by atoms with Gasteiger partial charge in [-0.15, -0.1) is 0 Å². The fraction of sp³-hybridized carbons (Fsp3) is 1.00. The summed E-state index contributed by atoms with van der Waals surface area (Å²) in [7, 11) is 0. The summed E-state index contributed by atoms with van der Waals surface area (Å²) in [6.07, 6.45) is 6.71. The third kappa shape index (κ3) is 3.94. The normalized spacial score (nSPS) is 27.5. The van der Waals surface area contributed by atoms with E-state index in [9.17, 15) is 0 Å². The largest absolute Gasteiger partial charge is 0.381 e. The van der Waals surface area contributed by atoms with Gasteiger partial charge in [-0.2, -0.15) is 0 Å². The molecular weight excluding hydrogens is 224 g/mol. The highest BCUT2D eigenvalue weighted by atomic mass is 16.5. The molecule has 0 spiro atoms. The average Bonchev–Trinajstić information content (AvgIpc) is 3.01. The lowest BCUT2D eigenvalue weighted by Gasteiger charge is -2.34. The van der Waals surface area contributed by atoms with Crippen molar-refractivity contribution in [1.82, 2.24) is 4.90 Å². The second-order valence-corrected chi connectivity index (χ2v) is 6.57. The summed E-state index contributed by atoms with van der Waals surface area (Å²) in [5, 5.41) is 0. The second-order valence-electron chi connectivity index (χ2n) is 6.57. The molecule has 1 saturated carbocycles.